The Bertz CT molecular complexity index is 262. The quantitative estimate of drug-likeness (QED) is 0.820. The number of rotatable bonds is 4. The van der Waals surface area contributed by atoms with Crippen LogP contribution in [0.1, 0.15) is 23.0 Å². The van der Waals surface area contributed by atoms with Crippen LogP contribution in [0.4, 0.5) is 0 Å². The van der Waals surface area contributed by atoms with E-state index in [-0.39, 0.29) is 0 Å². The van der Waals surface area contributed by atoms with Crippen LogP contribution in [0.25, 0.3) is 0 Å². The minimum atomic E-state index is -0.746. The molecule has 74 valence electrons. The van der Waals surface area contributed by atoms with Crippen LogP contribution in [-0.2, 0) is 0 Å². The molecule has 0 saturated carbocycles. The van der Waals surface area contributed by atoms with Crippen LogP contribution in [0.15, 0.2) is 11.4 Å². The number of hydrogen-bond acceptors (Lipinski definition) is 3. The fourth-order valence-electron chi connectivity index (χ4n) is 1.18. The maximum Gasteiger partial charge on any atom is 0.106 e. The lowest BCUT2D eigenvalue weighted by Gasteiger charge is -2.16. The van der Waals surface area contributed by atoms with Gasteiger partial charge in [-0.15, -0.1) is 11.3 Å². The van der Waals surface area contributed by atoms with Gasteiger partial charge in [-0.25, -0.2) is 0 Å². The Labute approximate surface area is 90.4 Å². The molecule has 1 aromatic rings. The third-order valence-electron chi connectivity index (χ3n) is 1.99. The van der Waals surface area contributed by atoms with E-state index in [0.717, 1.165) is 10.4 Å². The van der Waals surface area contributed by atoms with E-state index in [4.69, 9.17) is 0 Å². The maximum absolute atomic E-state index is 9.73. The van der Waals surface area contributed by atoms with E-state index in [0.29, 0.717) is 11.8 Å². The molecule has 0 fully saturated rings. The minimum Gasteiger partial charge on any atom is -0.390 e. The van der Waals surface area contributed by atoms with Gasteiger partial charge in [-0.05, 0) is 30.4 Å². The van der Waals surface area contributed by atoms with Crippen LogP contribution in [0, 0.1) is 6.92 Å². The zero-order valence-corrected chi connectivity index (χ0v) is 9.81. The highest BCUT2D eigenvalue weighted by molar-refractivity contribution is 9.09. The molecule has 4 heteroatoms. The van der Waals surface area contributed by atoms with Crippen molar-refractivity contribution in [3.8, 4) is 0 Å². The normalized spacial score (nSPS) is 15.7. The first-order valence-corrected chi connectivity index (χ1v) is 6.13. The molecule has 0 amide bonds. The third-order valence-corrected chi connectivity index (χ3v) is 3.31. The molecule has 1 aromatic heterocycles. The van der Waals surface area contributed by atoms with Crippen LogP contribution in [0.3, 0.4) is 0 Å². The van der Waals surface area contributed by atoms with Gasteiger partial charge >= 0.3 is 0 Å². The minimum absolute atomic E-state index is 0.566. The molecule has 2 nitrogen and oxygen atoms in total. The molecule has 0 bridgehead atoms. The largest absolute Gasteiger partial charge is 0.390 e. The van der Waals surface area contributed by atoms with Crippen molar-refractivity contribution in [1.29, 1.82) is 0 Å². The van der Waals surface area contributed by atoms with Gasteiger partial charge in [0.2, 0.25) is 0 Å². The predicted octanol–water partition coefficient (Wildman–Crippen LogP) is 2.24. The van der Waals surface area contributed by atoms with Crippen LogP contribution in [0.2, 0.25) is 0 Å². The number of hydrogen-bond donors (Lipinski definition) is 2. The first-order valence-electron chi connectivity index (χ1n) is 4.13. The van der Waals surface area contributed by atoms with Gasteiger partial charge < -0.3 is 10.2 Å². The molecule has 2 unspecified atom stereocenters. The molecule has 0 aliphatic carbocycles. The number of aryl methyl sites for hydroxylation is 1. The second-order valence-electron chi connectivity index (χ2n) is 2.92. The predicted molar refractivity (Wildman–Crippen MR) is 58.4 cm³/mol. The Morgan fingerprint density at radius 1 is 1.54 bits per heavy atom. The molecule has 1 rings (SSSR count). The SMILES string of the molecule is Cc1sccc1C(O)C(O)CCBr. The summed E-state index contributed by atoms with van der Waals surface area (Å²) in [6.07, 6.45) is -0.854. The van der Waals surface area contributed by atoms with Gasteiger partial charge in [-0.1, -0.05) is 15.9 Å². The summed E-state index contributed by atoms with van der Waals surface area (Å²) in [5, 5.41) is 21.9. The van der Waals surface area contributed by atoms with Gasteiger partial charge in [0.05, 0.1) is 6.10 Å². The summed E-state index contributed by atoms with van der Waals surface area (Å²) >= 11 is 4.82. The van der Waals surface area contributed by atoms with E-state index in [1.165, 1.54) is 0 Å². The second-order valence-corrected chi connectivity index (χ2v) is 4.84. The number of thiophene rings is 1. The summed E-state index contributed by atoms with van der Waals surface area (Å²) in [6, 6.07) is 1.86. The Kier molecular flexibility index (Phi) is 4.38. The smallest absolute Gasteiger partial charge is 0.106 e. The zero-order chi connectivity index (χ0) is 9.84. The molecular formula is C9H13BrO2S. The Morgan fingerprint density at radius 2 is 2.23 bits per heavy atom. The molecule has 13 heavy (non-hydrogen) atoms. The van der Waals surface area contributed by atoms with Crippen LogP contribution in [0.5, 0.6) is 0 Å². The highest BCUT2D eigenvalue weighted by Gasteiger charge is 2.19. The average Bonchev–Trinajstić information content (AvgIpc) is 2.50. The van der Waals surface area contributed by atoms with Gasteiger partial charge in [0.25, 0.3) is 0 Å². The van der Waals surface area contributed by atoms with E-state index in [1.807, 2.05) is 18.4 Å². The topological polar surface area (TPSA) is 40.5 Å². The molecule has 0 aromatic carbocycles. The molecule has 0 aliphatic heterocycles. The van der Waals surface area contributed by atoms with E-state index >= 15 is 0 Å². The maximum atomic E-state index is 9.73. The van der Waals surface area contributed by atoms with Crippen LogP contribution in [-0.4, -0.2) is 21.6 Å². The fraction of sp³-hybridized carbons (Fsp3) is 0.556. The van der Waals surface area contributed by atoms with Crippen molar-refractivity contribution in [3.05, 3.63) is 21.9 Å². The van der Waals surface area contributed by atoms with Crippen LogP contribution >= 0.6 is 27.3 Å². The van der Waals surface area contributed by atoms with Gasteiger partial charge in [-0.3, -0.25) is 0 Å². The van der Waals surface area contributed by atoms with Crippen molar-refractivity contribution in [2.75, 3.05) is 5.33 Å². The summed E-state index contributed by atoms with van der Waals surface area (Å²) in [5.41, 5.74) is 0.846. The van der Waals surface area contributed by atoms with E-state index in [2.05, 4.69) is 15.9 Å². The van der Waals surface area contributed by atoms with E-state index < -0.39 is 12.2 Å². The first-order chi connectivity index (χ1) is 6.16. The average molecular weight is 265 g/mol. The van der Waals surface area contributed by atoms with Gasteiger partial charge in [0, 0.05) is 10.2 Å². The van der Waals surface area contributed by atoms with Gasteiger partial charge in [-0.2, -0.15) is 0 Å². The summed E-state index contributed by atoms with van der Waals surface area (Å²) in [6.45, 7) is 1.95. The van der Waals surface area contributed by atoms with Gasteiger partial charge in [0.15, 0.2) is 0 Å². The highest BCUT2D eigenvalue weighted by atomic mass is 79.9. The van der Waals surface area contributed by atoms with E-state index in [9.17, 15) is 10.2 Å². The second kappa shape index (κ2) is 5.10. The fourth-order valence-corrected chi connectivity index (χ4v) is 2.39. The first kappa shape index (κ1) is 11.2. The molecular weight excluding hydrogens is 252 g/mol. The van der Waals surface area contributed by atoms with Crippen molar-refractivity contribution in [3.63, 3.8) is 0 Å². The monoisotopic (exact) mass is 264 g/mol. The number of halogens is 1. The van der Waals surface area contributed by atoms with Crippen molar-refractivity contribution in [2.24, 2.45) is 0 Å². The lowest BCUT2D eigenvalue weighted by molar-refractivity contribution is 0.0173. The van der Waals surface area contributed by atoms with Crippen LogP contribution < -0.4 is 0 Å². The molecule has 0 aliphatic rings. The molecule has 0 spiro atoms. The Hall–Kier alpha value is 0.100. The molecule has 1 heterocycles. The lowest BCUT2D eigenvalue weighted by Crippen LogP contribution is -2.18. The number of aliphatic hydroxyl groups excluding tert-OH is 2. The van der Waals surface area contributed by atoms with E-state index in [1.54, 1.807) is 11.3 Å². The molecule has 0 radical (unpaired) electrons. The summed E-state index contributed by atoms with van der Waals surface area (Å²) in [4.78, 5) is 1.07. The number of aliphatic hydroxyl groups is 2. The van der Waals surface area contributed by atoms with Crippen molar-refractivity contribution >= 4 is 27.3 Å². The van der Waals surface area contributed by atoms with Gasteiger partial charge in [0.1, 0.15) is 6.10 Å². The third kappa shape index (κ3) is 2.77. The summed E-state index contributed by atoms with van der Waals surface area (Å²) < 4.78 is 0. The highest BCUT2D eigenvalue weighted by Crippen LogP contribution is 2.26. The van der Waals surface area contributed by atoms with Crippen molar-refractivity contribution in [2.45, 2.75) is 25.6 Å². The summed E-state index contributed by atoms with van der Waals surface area (Å²) in [7, 11) is 0. The Balaban J connectivity index is 2.67. The molecule has 2 N–H and O–H groups in total. The lowest BCUT2D eigenvalue weighted by atomic mass is 10.0. The van der Waals surface area contributed by atoms with Crippen molar-refractivity contribution in [1.82, 2.24) is 0 Å². The standard InChI is InChI=1S/C9H13BrO2S/c1-6-7(3-5-13-6)9(12)8(11)2-4-10/h3,5,8-9,11-12H,2,4H2,1H3. The Morgan fingerprint density at radius 3 is 2.69 bits per heavy atom. The summed E-state index contributed by atoms with van der Waals surface area (Å²) in [5.74, 6) is 0. The zero-order valence-electron chi connectivity index (χ0n) is 7.40. The van der Waals surface area contributed by atoms with Crippen molar-refractivity contribution < 1.29 is 10.2 Å². The molecule has 0 saturated heterocycles. The molecule has 2 atom stereocenters. The number of alkyl halides is 1.